The lowest BCUT2D eigenvalue weighted by molar-refractivity contribution is -0.131. The number of carboxylic acid groups (broad SMARTS) is 1. The van der Waals surface area contributed by atoms with E-state index in [2.05, 4.69) is 4.98 Å². The second kappa shape index (κ2) is 6.29. The molecule has 0 radical (unpaired) electrons. The van der Waals surface area contributed by atoms with Gasteiger partial charge in [-0.15, -0.1) is 0 Å². The third kappa shape index (κ3) is 4.81. The zero-order valence-electron chi connectivity index (χ0n) is 11.7. The lowest BCUT2D eigenvalue weighted by atomic mass is 10.1. The molecule has 6 heteroatoms. The van der Waals surface area contributed by atoms with Gasteiger partial charge in [-0.25, -0.2) is 4.79 Å². The molecule has 0 aliphatic carbocycles. The Balaban J connectivity index is 3.01. The monoisotopic (exact) mass is 278 g/mol. The van der Waals surface area contributed by atoms with E-state index in [1.165, 1.54) is 17.2 Å². The number of aromatic nitrogens is 1. The van der Waals surface area contributed by atoms with E-state index in [0.717, 1.165) is 6.08 Å². The zero-order valence-corrected chi connectivity index (χ0v) is 11.7. The highest BCUT2D eigenvalue weighted by Gasteiger charge is 2.22. The van der Waals surface area contributed by atoms with Crippen LogP contribution in [-0.2, 0) is 4.79 Å². The van der Waals surface area contributed by atoms with Gasteiger partial charge in [-0.3, -0.25) is 9.78 Å². The van der Waals surface area contributed by atoms with Crippen molar-refractivity contribution in [3.63, 3.8) is 0 Å². The number of pyridine rings is 1. The summed E-state index contributed by atoms with van der Waals surface area (Å²) >= 11 is 0. The maximum Gasteiger partial charge on any atom is 0.328 e. The van der Waals surface area contributed by atoms with Gasteiger partial charge in [0.05, 0.1) is 5.60 Å². The molecule has 1 aromatic heterocycles. The van der Waals surface area contributed by atoms with Crippen LogP contribution in [0.3, 0.4) is 0 Å². The molecule has 6 nitrogen and oxygen atoms in total. The predicted molar refractivity (Wildman–Crippen MR) is 74.2 cm³/mol. The van der Waals surface area contributed by atoms with E-state index in [1.54, 1.807) is 33.0 Å². The highest BCUT2D eigenvalue weighted by atomic mass is 16.4. The number of hydrogen-bond donors (Lipinski definition) is 2. The Bertz CT molecular complexity index is 532. The minimum absolute atomic E-state index is 0.143. The Morgan fingerprint density at radius 2 is 2.10 bits per heavy atom. The first-order valence-electron chi connectivity index (χ1n) is 6.04. The third-order valence-electron chi connectivity index (χ3n) is 2.42. The van der Waals surface area contributed by atoms with Crippen molar-refractivity contribution in [3.05, 3.63) is 35.7 Å². The van der Waals surface area contributed by atoms with Gasteiger partial charge in [0.1, 0.15) is 5.69 Å². The minimum atomic E-state index is -1.10. The number of likely N-dealkylation sites (N-methyl/N-ethyl adjacent to an activating group) is 1. The molecule has 0 saturated carbocycles. The Kier molecular flexibility index (Phi) is 4.99. The summed E-state index contributed by atoms with van der Waals surface area (Å²) in [5, 5.41) is 18.4. The van der Waals surface area contributed by atoms with Crippen molar-refractivity contribution in [2.24, 2.45) is 0 Å². The number of amides is 1. The predicted octanol–water partition coefficient (Wildman–Crippen LogP) is 1.02. The fraction of sp³-hybridized carbons (Fsp3) is 0.357. The molecule has 20 heavy (non-hydrogen) atoms. The molecule has 1 rings (SSSR count). The van der Waals surface area contributed by atoms with Crippen LogP contribution in [0.5, 0.6) is 0 Å². The van der Waals surface area contributed by atoms with Crippen LogP contribution in [0, 0.1) is 0 Å². The summed E-state index contributed by atoms with van der Waals surface area (Å²) in [5.74, 6) is -1.48. The maximum atomic E-state index is 12.3. The molecule has 0 spiro atoms. The number of hydrogen-bond acceptors (Lipinski definition) is 4. The third-order valence-corrected chi connectivity index (χ3v) is 2.42. The molecule has 0 aliphatic rings. The molecule has 0 saturated heterocycles. The molecule has 0 aromatic carbocycles. The van der Waals surface area contributed by atoms with E-state index in [1.807, 2.05) is 0 Å². The molecule has 0 bridgehead atoms. The summed E-state index contributed by atoms with van der Waals surface area (Å²) in [6, 6.07) is 3.23. The number of rotatable bonds is 5. The van der Waals surface area contributed by atoms with Crippen molar-refractivity contribution in [1.82, 2.24) is 9.88 Å². The van der Waals surface area contributed by atoms with Gasteiger partial charge in [0.15, 0.2) is 0 Å². The molecular weight excluding hydrogens is 260 g/mol. The Morgan fingerprint density at radius 1 is 1.45 bits per heavy atom. The normalized spacial score (nSPS) is 11.6. The van der Waals surface area contributed by atoms with E-state index in [4.69, 9.17) is 5.11 Å². The summed E-state index contributed by atoms with van der Waals surface area (Å²) < 4.78 is 0. The highest BCUT2D eigenvalue weighted by Crippen LogP contribution is 2.12. The van der Waals surface area contributed by atoms with Crippen LogP contribution in [-0.4, -0.2) is 51.2 Å². The largest absolute Gasteiger partial charge is 0.478 e. The summed E-state index contributed by atoms with van der Waals surface area (Å²) in [4.78, 5) is 28.1. The number of carboxylic acids is 1. The van der Waals surface area contributed by atoms with Crippen LogP contribution in [0.4, 0.5) is 0 Å². The molecule has 108 valence electrons. The molecule has 0 aliphatic heterocycles. The van der Waals surface area contributed by atoms with Crippen LogP contribution < -0.4 is 0 Å². The average Bonchev–Trinajstić information content (AvgIpc) is 2.33. The average molecular weight is 278 g/mol. The van der Waals surface area contributed by atoms with Crippen LogP contribution in [0.25, 0.3) is 6.08 Å². The van der Waals surface area contributed by atoms with E-state index in [-0.39, 0.29) is 18.1 Å². The minimum Gasteiger partial charge on any atom is -0.478 e. The number of nitrogens with zero attached hydrogens (tertiary/aromatic N) is 2. The van der Waals surface area contributed by atoms with Crippen LogP contribution in [0.1, 0.15) is 29.9 Å². The molecule has 0 fully saturated rings. The molecule has 1 aromatic rings. The quantitative estimate of drug-likeness (QED) is 0.785. The Morgan fingerprint density at radius 3 is 2.65 bits per heavy atom. The molecule has 0 atom stereocenters. The molecular formula is C14H18N2O4. The van der Waals surface area contributed by atoms with Crippen LogP contribution in [0.2, 0.25) is 0 Å². The second-order valence-electron chi connectivity index (χ2n) is 5.09. The van der Waals surface area contributed by atoms with Gasteiger partial charge in [-0.2, -0.15) is 0 Å². The molecule has 2 N–H and O–H groups in total. The van der Waals surface area contributed by atoms with Gasteiger partial charge in [0.2, 0.25) is 0 Å². The first-order valence-corrected chi connectivity index (χ1v) is 6.04. The van der Waals surface area contributed by atoms with Gasteiger partial charge < -0.3 is 15.1 Å². The molecule has 1 amide bonds. The number of carbonyl (C=O) groups is 2. The van der Waals surface area contributed by atoms with Gasteiger partial charge >= 0.3 is 5.97 Å². The van der Waals surface area contributed by atoms with E-state index < -0.39 is 11.6 Å². The lowest BCUT2D eigenvalue weighted by Crippen LogP contribution is -2.40. The maximum absolute atomic E-state index is 12.3. The molecule has 0 unspecified atom stereocenters. The number of aliphatic hydroxyl groups is 1. The van der Waals surface area contributed by atoms with Crippen molar-refractivity contribution in [1.29, 1.82) is 0 Å². The second-order valence-corrected chi connectivity index (χ2v) is 5.09. The van der Waals surface area contributed by atoms with Crippen molar-refractivity contribution >= 4 is 18.0 Å². The first kappa shape index (κ1) is 15.8. The van der Waals surface area contributed by atoms with Gasteiger partial charge in [-0.1, -0.05) is 6.07 Å². The summed E-state index contributed by atoms with van der Waals surface area (Å²) in [6.07, 6.45) is 3.73. The summed E-state index contributed by atoms with van der Waals surface area (Å²) in [5.41, 5.74) is -0.449. The lowest BCUT2D eigenvalue weighted by Gasteiger charge is -2.25. The number of aliphatic carboxylic acids is 1. The summed E-state index contributed by atoms with van der Waals surface area (Å²) in [7, 11) is 1.56. The van der Waals surface area contributed by atoms with Gasteiger partial charge in [-0.05, 0) is 26.0 Å². The Labute approximate surface area is 117 Å². The first-order chi connectivity index (χ1) is 9.20. The van der Waals surface area contributed by atoms with Crippen molar-refractivity contribution in [2.75, 3.05) is 13.6 Å². The zero-order chi connectivity index (χ0) is 15.3. The van der Waals surface area contributed by atoms with Crippen molar-refractivity contribution in [3.8, 4) is 0 Å². The van der Waals surface area contributed by atoms with Gasteiger partial charge in [0, 0.05) is 31.4 Å². The van der Waals surface area contributed by atoms with Crippen LogP contribution >= 0.6 is 0 Å². The van der Waals surface area contributed by atoms with Crippen molar-refractivity contribution in [2.45, 2.75) is 19.4 Å². The topological polar surface area (TPSA) is 90.7 Å². The SMILES string of the molecule is CN(CC(C)(C)O)C(=O)c1ncccc1/C=C/C(=O)O. The fourth-order valence-electron chi connectivity index (χ4n) is 1.72. The van der Waals surface area contributed by atoms with Crippen molar-refractivity contribution < 1.29 is 19.8 Å². The molecule has 1 heterocycles. The standard InChI is InChI=1S/C14H18N2O4/c1-14(2,20)9-16(3)13(19)12-10(5-4-8-15-12)6-7-11(17)18/h4-8,20H,9H2,1-3H3,(H,17,18)/b7-6+. The summed E-state index contributed by atoms with van der Waals surface area (Å²) in [6.45, 7) is 3.34. The smallest absolute Gasteiger partial charge is 0.328 e. The number of carbonyl (C=O) groups excluding carboxylic acids is 1. The van der Waals surface area contributed by atoms with Gasteiger partial charge in [0.25, 0.3) is 5.91 Å². The fourth-order valence-corrected chi connectivity index (χ4v) is 1.72. The Hall–Kier alpha value is -2.21. The highest BCUT2D eigenvalue weighted by molar-refractivity contribution is 5.97. The van der Waals surface area contributed by atoms with E-state index in [0.29, 0.717) is 5.56 Å². The van der Waals surface area contributed by atoms with Crippen LogP contribution in [0.15, 0.2) is 24.4 Å². The van der Waals surface area contributed by atoms with E-state index in [9.17, 15) is 14.7 Å². The van der Waals surface area contributed by atoms with E-state index >= 15 is 0 Å².